The standard InChI is InChI=1S/C49H50F2N7O10PS2/c1-48(2,3)42(55-44(62)39-24-29-23-30(13-17-37(29)71-39)49(50,51)69(66,67)68)47(65)57-21-8-12-36(57)46(64)56(31-14-15-34-38(25-31)70-27-53-34)22-19-40(59)52-20-6-4-5-9-28-10-7-11-32-33(28)26-58(45(32)63)35-16-18-41(60)54-43(35)61/h7,10-11,13-15,17,23-25,27,35-36,42H,4,6,8,12,16,18-22,26H2,1-3H3,(H,52,59)(H,55,62)(H,54,60,61)(H2,66,67,68)/t35?,36-,42+/m0/s1. The number of hydrogen-bond donors (Lipinski definition) is 5. The molecule has 5 aromatic rings. The molecule has 22 heteroatoms. The van der Waals surface area contributed by atoms with Crippen LogP contribution in [0, 0.1) is 17.3 Å². The van der Waals surface area contributed by atoms with Crippen LogP contribution >= 0.6 is 30.3 Å². The van der Waals surface area contributed by atoms with Gasteiger partial charge in [-0.25, -0.2) is 4.98 Å². The lowest BCUT2D eigenvalue weighted by atomic mass is 9.85. The smallest absolute Gasteiger partial charge is 0.356 e. The van der Waals surface area contributed by atoms with E-state index in [9.17, 15) is 56.7 Å². The molecular formula is C49H50F2N7O10PS2. The van der Waals surface area contributed by atoms with Crippen LogP contribution < -0.4 is 20.9 Å². The van der Waals surface area contributed by atoms with Gasteiger partial charge in [0.05, 0.1) is 20.6 Å². The summed E-state index contributed by atoms with van der Waals surface area (Å²) in [5, 5.41) is 8.16. The second-order valence-corrected chi connectivity index (χ2v) is 22.3. The summed E-state index contributed by atoms with van der Waals surface area (Å²) in [5.74, 6) is 3.18. The molecule has 372 valence electrons. The van der Waals surface area contributed by atoms with E-state index in [4.69, 9.17) is 0 Å². The van der Waals surface area contributed by atoms with Crippen molar-refractivity contribution in [2.45, 2.75) is 96.1 Å². The van der Waals surface area contributed by atoms with Crippen LogP contribution in [0.3, 0.4) is 0 Å². The normalized spacial score (nSPS) is 17.7. The zero-order valence-corrected chi connectivity index (χ0v) is 41.4. The van der Waals surface area contributed by atoms with Gasteiger partial charge in [0, 0.05) is 72.5 Å². The number of thiophene rings is 1. The number of fused-ring (bicyclic) bond motifs is 3. The van der Waals surface area contributed by atoms with Crippen molar-refractivity contribution in [2.24, 2.45) is 5.41 Å². The molecule has 2 fully saturated rings. The number of benzene rings is 3. The van der Waals surface area contributed by atoms with Crippen molar-refractivity contribution in [1.29, 1.82) is 0 Å². The average Bonchev–Trinajstić information content (AvgIpc) is 4.15. The van der Waals surface area contributed by atoms with Crippen LogP contribution in [0.1, 0.15) is 102 Å². The van der Waals surface area contributed by atoms with Crippen molar-refractivity contribution in [3.8, 4) is 11.8 Å². The number of unbranched alkanes of at least 4 members (excludes halogenated alkanes) is 1. The van der Waals surface area contributed by atoms with Crippen molar-refractivity contribution in [2.75, 3.05) is 24.5 Å². The minimum absolute atomic E-state index is 0.0197. The van der Waals surface area contributed by atoms with E-state index < -0.39 is 66.0 Å². The first-order valence-electron chi connectivity index (χ1n) is 22.9. The molecule has 3 aliphatic rings. The molecule has 17 nitrogen and oxygen atoms in total. The topological polar surface area (TPSA) is 236 Å². The Kier molecular flexibility index (Phi) is 14.6. The third kappa shape index (κ3) is 10.8. The van der Waals surface area contributed by atoms with Gasteiger partial charge in [0.15, 0.2) is 0 Å². The van der Waals surface area contributed by atoms with Crippen LogP contribution in [0.25, 0.3) is 20.3 Å². The summed E-state index contributed by atoms with van der Waals surface area (Å²) in [7, 11) is -5.84. The van der Waals surface area contributed by atoms with E-state index in [2.05, 4.69) is 32.8 Å². The number of halogens is 2. The molecule has 2 aromatic heterocycles. The Hall–Kier alpha value is -6.43. The zero-order valence-electron chi connectivity index (χ0n) is 38.8. The lowest BCUT2D eigenvalue weighted by molar-refractivity contribution is -0.141. The first kappa shape index (κ1) is 50.9. The van der Waals surface area contributed by atoms with E-state index in [0.717, 1.165) is 33.7 Å². The van der Waals surface area contributed by atoms with Crippen LogP contribution in [0.5, 0.6) is 0 Å². The van der Waals surface area contributed by atoms with Gasteiger partial charge in [0.25, 0.3) is 11.8 Å². The number of amides is 7. The quantitative estimate of drug-likeness (QED) is 0.0374. The van der Waals surface area contributed by atoms with Crippen molar-refractivity contribution in [3.63, 3.8) is 0 Å². The summed E-state index contributed by atoms with van der Waals surface area (Å²) >= 11 is 2.34. The van der Waals surface area contributed by atoms with E-state index in [0.29, 0.717) is 59.3 Å². The highest BCUT2D eigenvalue weighted by Crippen LogP contribution is 2.59. The Balaban J connectivity index is 0.905. The van der Waals surface area contributed by atoms with Crippen molar-refractivity contribution >= 4 is 97.6 Å². The predicted octanol–water partition coefficient (Wildman–Crippen LogP) is 6.01. The molecule has 0 aliphatic carbocycles. The minimum Gasteiger partial charge on any atom is -0.356 e. The van der Waals surface area contributed by atoms with Gasteiger partial charge in [-0.2, -0.15) is 8.78 Å². The van der Waals surface area contributed by atoms with Crippen LogP contribution in [0.15, 0.2) is 66.2 Å². The molecule has 1 unspecified atom stereocenters. The number of anilines is 1. The first-order chi connectivity index (χ1) is 33.6. The molecule has 2 saturated heterocycles. The number of likely N-dealkylation sites (tertiary alicyclic amines) is 1. The highest BCUT2D eigenvalue weighted by molar-refractivity contribution is 7.52. The molecular weight excluding hydrogens is 980 g/mol. The SMILES string of the molecule is CC(C)(C)[C@H](NC(=O)c1cc2cc(C(F)(F)P(=O)(O)O)ccc2s1)C(=O)N1CCC[C@H]1C(=O)N(CCC(=O)NCCCC#Cc1cccc2c1CN(C1CCC(=O)NC1=O)C2=O)c1ccc2ncsc2c1. The van der Waals surface area contributed by atoms with Gasteiger partial charge in [-0.3, -0.25) is 43.4 Å². The van der Waals surface area contributed by atoms with Crippen molar-refractivity contribution < 1.29 is 56.7 Å². The minimum atomic E-state index is -5.84. The van der Waals surface area contributed by atoms with Crippen LogP contribution in [0.2, 0.25) is 0 Å². The van der Waals surface area contributed by atoms with E-state index in [-0.39, 0.29) is 66.9 Å². The van der Waals surface area contributed by atoms with Gasteiger partial charge in [-0.15, -0.1) is 22.7 Å². The van der Waals surface area contributed by atoms with E-state index in [1.165, 1.54) is 38.2 Å². The van der Waals surface area contributed by atoms with E-state index >= 15 is 0 Å². The second kappa shape index (κ2) is 20.4. The second-order valence-electron chi connectivity index (χ2n) is 18.6. The number of nitrogens with zero attached hydrogens (tertiary/aromatic N) is 4. The molecule has 3 aromatic carbocycles. The molecule has 5 heterocycles. The molecule has 8 rings (SSSR count). The number of hydrogen-bond acceptors (Lipinski definition) is 11. The monoisotopic (exact) mass is 1030 g/mol. The van der Waals surface area contributed by atoms with Gasteiger partial charge in [0.1, 0.15) is 18.1 Å². The summed E-state index contributed by atoms with van der Waals surface area (Å²) < 4.78 is 41.8. The maximum absolute atomic E-state index is 14.7. The Bertz CT molecular complexity index is 3100. The van der Waals surface area contributed by atoms with E-state index in [1.807, 2.05) is 6.07 Å². The maximum Gasteiger partial charge on any atom is 0.399 e. The summed E-state index contributed by atoms with van der Waals surface area (Å²) in [6.07, 6.45) is 2.07. The fraction of sp³-hybridized carbons (Fsp3) is 0.388. The van der Waals surface area contributed by atoms with Gasteiger partial charge in [-0.05, 0) is 90.6 Å². The average molecular weight is 1030 g/mol. The summed E-state index contributed by atoms with van der Waals surface area (Å²) in [6.45, 7) is 5.95. The molecule has 71 heavy (non-hydrogen) atoms. The number of carbonyl (C=O) groups excluding carboxylic acids is 7. The largest absolute Gasteiger partial charge is 0.399 e. The molecule has 0 spiro atoms. The molecule has 7 amide bonds. The fourth-order valence-electron chi connectivity index (χ4n) is 8.94. The number of imide groups is 1. The molecule has 0 radical (unpaired) electrons. The summed E-state index contributed by atoms with van der Waals surface area (Å²) in [4.78, 5) is 121. The van der Waals surface area contributed by atoms with Gasteiger partial charge >= 0.3 is 13.3 Å². The Labute approximate surface area is 414 Å². The highest BCUT2D eigenvalue weighted by Gasteiger charge is 2.50. The predicted molar refractivity (Wildman–Crippen MR) is 261 cm³/mol. The van der Waals surface area contributed by atoms with Crippen molar-refractivity contribution in [1.82, 2.24) is 30.7 Å². The summed E-state index contributed by atoms with van der Waals surface area (Å²) in [6, 6.07) is 12.1. The molecule has 3 aliphatic heterocycles. The number of aromatic nitrogens is 1. The number of alkyl halides is 2. The number of nitrogens with one attached hydrogen (secondary N) is 3. The number of piperidine rings is 1. The summed E-state index contributed by atoms with van der Waals surface area (Å²) in [5.41, 5.74) is -1.47. The number of carbonyl (C=O) groups is 7. The Morgan fingerprint density at radius 3 is 2.56 bits per heavy atom. The molecule has 3 atom stereocenters. The van der Waals surface area contributed by atoms with Gasteiger partial charge in [0.2, 0.25) is 29.5 Å². The maximum atomic E-state index is 14.7. The van der Waals surface area contributed by atoms with Gasteiger partial charge < -0.3 is 35.1 Å². The Morgan fingerprint density at radius 2 is 1.82 bits per heavy atom. The van der Waals surface area contributed by atoms with Crippen LogP contribution in [-0.4, -0.2) is 104 Å². The lowest BCUT2D eigenvalue weighted by Crippen LogP contribution is -2.58. The Morgan fingerprint density at radius 1 is 1.03 bits per heavy atom. The first-order valence-corrected chi connectivity index (χ1v) is 26.2. The van der Waals surface area contributed by atoms with Crippen LogP contribution in [0.4, 0.5) is 14.5 Å². The number of rotatable bonds is 14. The molecule has 0 saturated carbocycles. The third-order valence-corrected chi connectivity index (χ3v) is 15.6. The van der Waals surface area contributed by atoms with Gasteiger partial charge in [-0.1, -0.05) is 44.7 Å². The molecule has 5 N–H and O–H groups in total. The fourth-order valence-corrected chi connectivity index (χ4v) is 11.1. The van der Waals surface area contributed by atoms with Crippen LogP contribution in [-0.2, 0) is 40.7 Å². The highest BCUT2D eigenvalue weighted by atomic mass is 32.1. The molecule has 0 bridgehead atoms. The van der Waals surface area contributed by atoms with E-state index in [1.54, 1.807) is 56.6 Å². The third-order valence-electron chi connectivity index (χ3n) is 12.7. The van der Waals surface area contributed by atoms with Crippen molar-refractivity contribution in [3.05, 3.63) is 93.3 Å². The lowest BCUT2D eigenvalue weighted by Gasteiger charge is -2.36. The number of thiazole rings is 1. The zero-order chi connectivity index (χ0) is 51.0.